The van der Waals surface area contributed by atoms with Crippen LogP contribution in [0.5, 0.6) is 0 Å². The van der Waals surface area contributed by atoms with Gasteiger partial charge in [-0.05, 0) is 38.1 Å². The van der Waals surface area contributed by atoms with E-state index in [9.17, 15) is 4.79 Å². The van der Waals surface area contributed by atoms with Gasteiger partial charge in [0.1, 0.15) is 0 Å². The summed E-state index contributed by atoms with van der Waals surface area (Å²) in [6.45, 7) is 4.42. The van der Waals surface area contributed by atoms with E-state index in [1.54, 1.807) is 0 Å². The van der Waals surface area contributed by atoms with Gasteiger partial charge in [-0.15, -0.1) is 0 Å². The van der Waals surface area contributed by atoms with Crippen LogP contribution in [0.1, 0.15) is 39.5 Å². The van der Waals surface area contributed by atoms with Gasteiger partial charge in [-0.1, -0.05) is 13.8 Å². The first-order chi connectivity index (χ1) is 6.47. The maximum Gasteiger partial charge on any atom is 0.305 e. The molecule has 0 bridgehead atoms. The van der Waals surface area contributed by atoms with Crippen LogP contribution < -0.4 is 5.32 Å². The van der Waals surface area contributed by atoms with E-state index in [1.165, 1.54) is 6.42 Å². The van der Waals surface area contributed by atoms with Crippen molar-refractivity contribution < 1.29 is 9.90 Å². The van der Waals surface area contributed by atoms with E-state index < -0.39 is 5.97 Å². The molecule has 2 atom stereocenters. The first kappa shape index (κ1) is 11.5. The average molecular weight is 199 g/mol. The summed E-state index contributed by atoms with van der Waals surface area (Å²) in [6.07, 6.45) is 3.45. The molecule has 1 aliphatic carbocycles. The van der Waals surface area contributed by atoms with Crippen LogP contribution in [-0.4, -0.2) is 23.7 Å². The van der Waals surface area contributed by atoms with Crippen molar-refractivity contribution in [1.82, 2.24) is 5.32 Å². The van der Waals surface area contributed by atoms with E-state index in [0.717, 1.165) is 12.8 Å². The molecule has 3 nitrogen and oxygen atoms in total. The zero-order valence-electron chi connectivity index (χ0n) is 9.34. The van der Waals surface area contributed by atoms with Crippen molar-refractivity contribution in [3.63, 3.8) is 0 Å². The molecule has 0 aliphatic heterocycles. The maximum absolute atomic E-state index is 10.8. The highest BCUT2D eigenvalue weighted by Crippen LogP contribution is 2.37. The number of hydrogen-bond acceptors (Lipinski definition) is 2. The Morgan fingerprint density at radius 2 is 1.93 bits per heavy atom. The molecule has 2 unspecified atom stereocenters. The Kier molecular flexibility index (Phi) is 3.53. The first-order valence-electron chi connectivity index (χ1n) is 5.38. The molecule has 0 aromatic heterocycles. The molecule has 0 heterocycles. The van der Waals surface area contributed by atoms with E-state index in [0.29, 0.717) is 11.8 Å². The first-order valence-corrected chi connectivity index (χ1v) is 5.38. The van der Waals surface area contributed by atoms with E-state index >= 15 is 0 Å². The van der Waals surface area contributed by atoms with Crippen molar-refractivity contribution in [2.24, 2.45) is 11.8 Å². The number of rotatable bonds is 3. The molecule has 0 aromatic rings. The lowest BCUT2D eigenvalue weighted by atomic mass is 9.70. The zero-order valence-corrected chi connectivity index (χ0v) is 9.34. The number of carbonyl (C=O) groups is 1. The van der Waals surface area contributed by atoms with Crippen molar-refractivity contribution >= 4 is 5.97 Å². The number of hydrogen-bond donors (Lipinski definition) is 2. The molecule has 0 spiro atoms. The minimum Gasteiger partial charge on any atom is -0.481 e. The summed E-state index contributed by atoms with van der Waals surface area (Å²) < 4.78 is 0. The summed E-state index contributed by atoms with van der Waals surface area (Å²) in [5, 5.41) is 12.1. The van der Waals surface area contributed by atoms with Crippen LogP contribution in [0.3, 0.4) is 0 Å². The molecule has 0 saturated heterocycles. The average Bonchev–Trinajstić information content (AvgIpc) is 2.00. The van der Waals surface area contributed by atoms with Crippen molar-refractivity contribution in [3.05, 3.63) is 0 Å². The third-order valence-corrected chi connectivity index (χ3v) is 3.30. The molecular weight excluding hydrogens is 178 g/mol. The second kappa shape index (κ2) is 4.30. The molecule has 3 heteroatoms. The minimum atomic E-state index is -0.694. The fourth-order valence-corrected chi connectivity index (χ4v) is 3.00. The molecule has 82 valence electrons. The minimum absolute atomic E-state index is 0.164. The third kappa shape index (κ3) is 2.71. The predicted molar refractivity (Wildman–Crippen MR) is 56.2 cm³/mol. The Balaban J connectivity index is 2.71. The van der Waals surface area contributed by atoms with E-state index in [2.05, 4.69) is 19.2 Å². The van der Waals surface area contributed by atoms with Gasteiger partial charge in [0.25, 0.3) is 0 Å². The molecule has 2 N–H and O–H groups in total. The summed E-state index contributed by atoms with van der Waals surface area (Å²) >= 11 is 0. The van der Waals surface area contributed by atoms with Crippen molar-refractivity contribution in [2.75, 3.05) is 7.05 Å². The van der Waals surface area contributed by atoms with E-state index in [4.69, 9.17) is 5.11 Å². The van der Waals surface area contributed by atoms with Gasteiger partial charge in [-0.2, -0.15) is 0 Å². The second-order valence-electron chi connectivity index (χ2n) is 4.96. The Hall–Kier alpha value is -0.570. The van der Waals surface area contributed by atoms with Gasteiger partial charge >= 0.3 is 5.97 Å². The molecule has 0 aromatic carbocycles. The lowest BCUT2D eigenvalue weighted by molar-refractivity contribution is -0.139. The van der Waals surface area contributed by atoms with Crippen LogP contribution in [0.4, 0.5) is 0 Å². The van der Waals surface area contributed by atoms with E-state index in [1.807, 2.05) is 7.05 Å². The zero-order chi connectivity index (χ0) is 10.8. The highest BCUT2D eigenvalue weighted by molar-refractivity contribution is 5.68. The van der Waals surface area contributed by atoms with Crippen molar-refractivity contribution in [2.45, 2.75) is 45.1 Å². The predicted octanol–water partition coefficient (Wildman–Crippen LogP) is 1.88. The lowest BCUT2D eigenvalue weighted by Crippen LogP contribution is -2.49. The molecule has 0 amide bonds. The highest BCUT2D eigenvalue weighted by Gasteiger charge is 2.38. The van der Waals surface area contributed by atoms with Gasteiger partial charge in [0, 0.05) is 5.54 Å². The Morgan fingerprint density at radius 3 is 2.29 bits per heavy atom. The van der Waals surface area contributed by atoms with Crippen molar-refractivity contribution in [3.8, 4) is 0 Å². The van der Waals surface area contributed by atoms with E-state index in [-0.39, 0.29) is 12.0 Å². The van der Waals surface area contributed by atoms with Gasteiger partial charge in [0.2, 0.25) is 0 Å². The topological polar surface area (TPSA) is 49.3 Å². The molecular formula is C11H21NO2. The smallest absolute Gasteiger partial charge is 0.305 e. The van der Waals surface area contributed by atoms with Crippen LogP contribution in [0.25, 0.3) is 0 Å². The van der Waals surface area contributed by atoms with Crippen LogP contribution in [0, 0.1) is 11.8 Å². The summed E-state index contributed by atoms with van der Waals surface area (Å²) in [5.74, 6) is 0.566. The lowest BCUT2D eigenvalue weighted by Gasteiger charge is -2.42. The molecule has 0 radical (unpaired) electrons. The molecule has 14 heavy (non-hydrogen) atoms. The fourth-order valence-electron chi connectivity index (χ4n) is 3.00. The molecule has 1 rings (SSSR count). The molecule has 1 saturated carbocycles. The Morgan fingerprint density at radius 1 is 1.43 bits per heavy atom. The summed E-state index contributed by atoms with van der Waals surface area (Å²) in [4.78, 5) is 10.8. The number of aliphatic carboxylic acids is 1. The summed E-state index contributed by atoms with van der Waals surface area (Å²) in [5.41, 5.74) is -0.164. The van der Waals surface area contributed by atoms with Gasteiger partial charge < -0.3 is 10.4 Å². The number of nitrogens with one attached hydrogen (secondary N) is 1. The highest BCUT2D eigenvalue weighted by atomic mass is 16.4. The van der Waals surface area contributed by atoms with Gasteiger partial charge in [0.15, 0.2) is 0 Å². The molecule has 1 aliphatic rings. The maximum atomic E-state index is 10.8. The second-order valence-corrected chi connectivity index (χ2v) is 4.96. The van der Waals surface area contributed by atoms with Crippen LogP contribution in [0.2, 0.25) is 0 Å². The van der Waals surface area contributed by atoms with Gasteiger partial charge in [-0.25, -0.2) is 0 Å². The van der Waals surface area contributed by atoms with Gasteiger partial charge in [0.05, 0.1) is 6.42 Å². The largest absolute Gasteiger partial charge is 0.481 e. The van der Waals surface area contributed by atoms with Crippen molar-refractivity contribution in [1.29, 1.82) is 0 Å². The normalized spacial score (nSPS) is 38.2. The Labute approximate surface area is 85.9 Å². The van der Waals surface area contributed by atoms with Crippen LogP contribution >= 0.6 is 0 Å². The number of carboxylic acid groups (broad SMARTS) is 1. The van der Waals surface area contributed by atoms with Crippen LogP contribution in [0.15, 0.2) is 0 Å². The van der Waals surface area contributed by atoms with Crippen LogP contribution in [-0.2, 0) is 4.79 Å². The standard InChI is InChI=1S/C11H21NO2/c1-8-4-9(2)6-11(5-8,12-3)7-10(13)14/h8-9,12H,4-7H2,1-3H3,(H,13,14). The Bertz CT molecular complexity index is 205. The third-order valence-electron chi connectivity index (χ3n) is 3.30. The molecule has 1 fully saturated rings. The SMILES string of the molecule is CNC1(CC(=O)O)CC(C)CC(C)C1. The monoisotopic (exact) mass is 199 g/mol. The summed E-state index contributed by atoms with van der Waals surface area (Å²) in [7, 11) is 1.88. The number of carboxylic acids is 1. The van der Waals surface area contributed by atoms with Gasteiger partial charge in [-0.3, -0.25) is 4.79 Å². The fraction of sp³-hybridized carbons (Fsp3) is 0.909. The quantitative estimate of drug-likeness (QED) is 0.729. The summed E-state index contributed by atoms with van der Waals surface area (Å²) in [6, 6.07) is 0.